The zero-order valence-electron chi connectivity index (χ0n) is 4.06. The first kappa shape index (κ1) is 6.20. The van der Waals surface area contributed by atoms with Gasteiger partial charge in [0.05, 0.1) is 0 Å². The van der Waals surface area contributed by atoms with Crippen LogP contribution in [-0.4, -0.2) is 15.4 Å². The average molecular weight is 227 g/mol. The number of thioether (sulfide) groups is 1. The van der Waals surface area contributed by atoms with Gasteiger partial charge < -0.3 is 0 Å². The third kappa shape index (κ3) is 1.49. The van der Waals surface area contributed by atoms with Gasteiger partial charge in [-0.25, -0.2) is 0 Å². The second-order valence-electron chi connectivity index (χ2n) is 1.81. The van der Waals surface area contributed by atoms with E-state index in [-0.39, 0.29) is 0 Å². The molecule has 1 atom stereocenters. The van der Waals surface area contributed by atoms with Crippen LogP contribution >= 0.6 is 34.4 Å². The maximum Gasteiger partial charge on any atom is 0.0154 e. The largest absolute Gasteiger partial charge is 0.161 e. The molecule has 1 aliphatic heterocycles. The molecule has 41 valence electrons. The second kappa shape index (κ2) is 2.58. The number of alkyl halides is 1. The first-order valence-corrected chi connectivity index (χ1v) is 4.75. The van der Waals surface area contributed by atoms with Gasteiger partial charge >= 0.3 is 0 Å². The molecule has 1 heterocycles. The van der Waals surface area contributed by atoms with Crippen molar-refractivity contribution in [3.8, 4) is 0 Å². The maximum atomic E-state index is 3.93. The minimum absolute atomic E-state index is 0.652. The van der Waals surface area contributed by atoms with Crippen molar-refractivity contribution in [1.29, 1.82) is 0 Å². The number of hydrogen-bond donors (Lipinski definition) is 0. The summed E-state index contributed by atoms with van der Waals surface area (Å²) in [5.41, 5.74) is 0. The molecule has 0 saturated carbocycles. The van der Waals surface area contributed by atoms with Gasteiger partial charge in [0.25, 0.3) is 0 Å². The van der Waals surface area contributed by atoms with Crippen molar-refractivity contribution in [3.63, 3.8) is 0 Å². The quantitative estimate of drug-likeness (QED) is 0.487. The predicted molar refractivity (Wildman–Crippen MR) is 44.0 cm³/mol. The van der Waals surface area contributed by atoms with Gasteiger partial charge in [-0.15, -0.1) is 0 Å². The lowest BCUT2D eigenvalue weighted by Crippen LogP contribution is -2.25. The zero-order valence-corrected chi connectivity index (χ0v) is 7.04. The highest BCUT2D eigenvalue weighted by molar-refractivity contribution is 14.1. The lowest BCUT2D eigenvalue weighted by molar-refractivity contribution is 0.682. The van der Waals surface area contributed by atoms with Gasteiger partial charge in [-0.2, -0.15) is 11.8 Å². The Hall–Kier alpha value is 1.08. The van der Waals surface area contributed by atoms with Crippen LogP contribution in [0.5, 0.6) is 0 Å². The van der Waals surface area contributed by atoms with Gasteiger partial charge in [0.1, 0.15) is 0 Å². The monoisotopic (exact) mass is 227 g/mol. The molecule has 0 aliphatic carbocycles. The smallest absolute Gasteiger partial charge is 0.0154 e. The molecule has 0 aromatic carbocycles. The molecule has 0 aromatic heterocycles. The average Bonchev–Trinajstić information content (AvgIpc) is 1.23. The SMILES string of the molecule is [CH2]C(I)C1CSC1. The molecular weight excluding hydrogens is 219 g/mol. The minimum atomic E-state index is 0.652. The second-order valence-corrected chi connectivity index (χ2v) is 4.49. The number of rotatable bonds is 1. The number of hydrogen-bond acceptors (Lipinski definition) is 1. The highest BCUT2D eigenvalue weighted by Crippen LogP contribution is 2.30. The van der Waals surface area contributed by atoms with Crippen molar-refractivity contribution in [2.75, 3.05) is 11.5 Å². The maximum absolute atomic E-state index is 3.93. The summed E-state index contributed by atoms with van der Waals surface area (Å²) in [4.78, 5) is 0. The van der Waals surface area contributed by atoms with Gasteiger partial charge in [-0.1, -0.05) is 22.6 Å². The molecule has 7 heavy (non-hydrogen) atoms. The third-order valence-electron chi connectivity index (χ3n) is 1.18. The van der Waals surface area contributed by atoms with Crippen LogP contribution in [0.2, 0.25) is 0 Å². The summed E-state index contributed by atoms with van der Waals surface area (Å²) in [6.07, 6.45) is 0. The van der Waals surface area contributed by atoms with Crippen LogP contribution in [0.4, 0.5) is 0 Å². The lowest BCUT2D eigenvalue weighted by Gasteiger charge is -2.26. The van der Waals surface area contributed by atoms with Crippen LogP contribution in [0.1, 0.15) is 0 Å². The molecule has 0 nitrogen and oxygen atoms in total. The zero-order chi connectivity index (χ0) is 5.28. The predicted octanol–water partition coefficient (Wildman–Crippen LogP) is 1.99. The highest BCUT2D eigenvalue weighted by Gasteiger charge is 2.21. The van der Waals surface area contributed by atoms with E-state index in [0.29, 0.717) is 3.92 Å². The Balaban J connectivity index is 2.14. The fourth-order valence-electron chi connectivity index (χ4n) is 0.463. The van der Waals surface area contributed by atoms with Crippen LogP contribution in [0.15, 0.2) is 0 Å². The van der Waals surface area contributed by atoms with Gasteiger partial charge in [-0.3, -0.25) is 0 Å². The summed E-state index contributed by atoms with van der Waals surface area (Å²) in [6.45, 7) is 3.93. The van der Waals surface area contributed by atoms with E-state index >= 15 is 0 Å². The Morgan fingerprint density at radius 3 is 2.29 bits per heavy atom. The molecule has 1 fully saturated rings. The number of halogens is 1. The Kier molecular flexibility index (Phi) is 2.28. The van der Waals surface area contributed by atoms with E-state index < -0.39 is 0 Å². The summed E-state index contributed by atoms with van der Waals surface area (Å²) < 4.78 is 0.652. The summed E-state index contributed by atoms with van der Waals surface area (Å²) in [6, 6.07) is 0. The molecule has 2 heteroatoms. The van der Waals surface area contributed by atoms with E-state index in [2.05, 4.69) is 29.5 Å². The van der Waals surface area contributed by atoms with E-state index in [1.54, 1.807) is 0 Å². The van der Waals surface area contributed by atoms with Crippen LogP contribution in [0, 0.1) is 12.8 Å². The Labute approximate surface area is 62.6 Å². The van der Waals surface area contributed by atoms with Crippen LogP contribution in [0.25, 0.3) is 0 Å². The van der Waals surface area contributed by atoms with Crippen molar-refractivity contribution < 1.29 is 0 Å². The lowest BCUT2D eigenvalue weighted by atomic mass is 10.1. The fourth-order valence-corrected chi connectivity index (χ4v) is 2.63. The molecule has 1 saturated heterocycles. The van der Waals surface area contributed by atoms with E-state index in [1.165, 1.54) is 11.5 Å². The minimum Gasteiger partial charge on any atom is -0.161 e. The molecule has 1 aliphatic rings. The Morgan fingerprint density at radius 1 is 1.71 bits per heavy atom. The van der Waals surface area contributed by atoms with Crippen LogP contribution < -0.4 is 0 Å². The Morgan fingerprint density at radius 2 is 2.29 bits per heavy atom. The van der Waals surface area contributed by atoms with Crippen molar-refractivity contribution in [2.24, 2.45) is 5.92 Å². The van der Waals surface area contributed by atoms with E-state index in [4.69, 9.17) is 0 Å². The molecule has 0 bridgehead atoms. The summed E-state index contributed by atoms with van der Waals surface area (Å²) in [5.74, 6) is 3.61. The molecule has 1 rings (SSSR count). The van der Waals surface area contributed by atoms with Gasteiger partial charge in [0.15, 0.2) is 0 Å². The molecule has 0 aromatic rings. The standard InChI is InChI=1S/C5H8IS/c1-4(6)5-2-7-3-5/h4-5H,1-3H2. The van der Waals surface area contributed by atoms with E-state index in [1.807, 2.05) is 11.8 Å². The molecular formula is C5H8IS. The van der Waals surface area contributed by atoms with Gasteiger partial charge in [-0.05, 0) is 24.3 Å². The fraction of sp³-hybridized carbons (Fsp3) is 0.800. The van der Waals surface area contributed by atoms with Gasteiger partial charge in [0.2, 0.25) is 0 Å². The normalized spacial score (nSPS) is 26.6. The first-order valence-electron chi connectivity index (χ1n) is 2.35. The van der Waals surface area contributed by atoms with Crippen LogP contribution in [-0.2, 0) is 0 Å². The Bertz CT molecular complexity index is 59.1. The third-order valence-corrected chi connectivity index (χ3v) is 3.52. The highest BCUT2D eigenvalue weighted by atomic mass is 127. The molecule has 1 unspecified atom stereocenters. The molecule has 1 radical (unpaired) electrons. The van der Waals surface area contributed by atoms with Gasteiger partial charge in [0, 0.05) is 3.92 Å². The molecule has 0 N–H and O–H groups in total. The van der Waals surface area contributed by atoms with E-state index in [0.717, 1.165) is 5.92 Å². The molecule has 0 amide bonds. The summed E-state index contributed by atoms with van der Waals surface area (Å²) in [7, 11) is 0. The first-order chi connectivity index (χ1) is 3.30. The van der Waals surface area contributed by atoms with E-state index in [9.17, 15) is 0 Å². The van der Waals surface area contributed by atoms with Crippen LogP contribution in [0.3, 0.4) is 0 Å². The topological polar surface area (TPSA) is 0 Å². The summed E-state index contributed by atoms with van der Waals surface area (Å²) in [5, 5.41) is 0. The van der Waals surface area contributed by atoms with Crippen molar-refractivity contribution >= 4 is 34.4 Å². The summed E-state index contributed by atoms with van der Waals surface area (Å²) >= 11 is 4.42. The van der Waals surface area contributed by atoms with Crippen molar-refractivity contribution in [1.82, 2.24) is 0 Å². The van der Waals surface area contributed by atoms with Crippen molar-refractivity contribution in [2.45, 2.75) is 3.92 Å². The molecule has 0 spiro atoms. The van der Waals surface area contributed by atoms with Crippen molar-refractivity contribution in [3.05, 3.63) is 6.92 Å².